The highest BCUT2D eigenvalue weighted by molar-refractivity contribution is 5.75. The van der Waals surface area contributed by atoms with Gasteiger partial charge >= 0.3 is 6.03 Å². The molecule has 2 aliphatic heterocycles. The van der Waals surface area contributed by atoms with E-state index < -0.39 is 0 Å². The van der Waals surface area contributed by atoms with Gasteiger partial charge in [-0.25, -0.2) is 4.79 Å². The van der Waals surface area contributed by atoms with Crippen LogP contribution in [0.4, 0.5) is 4.79 Å². The minimum Gasteiger partial charge on any atom is -0.381 e. The molecule has 2 aromatic carbocycles. The van der Waals surface area contributed by atoms with Crippen LogP contribution in [0.2, 0.25) is 0 Å². The molecule has 29 heavy (non-hydrogen) atoms. The third-order valence-corrected chi connectivity index (χ3v) is 6.44. The molecule has 1 N–H and O–H groups in total. The molecule has 1 unspecified atom stereocenters. The number of nitrogens with one attached hydrogen (secondary N) is 1. The molecule has 154 valence electrons. The van der Waals surface area contributed by atoms with E-state index in [2.05, 4.69) is 53.7 Å². The lowest BCUT2D eigenvalue weighted by Gasteiger charge is -2.42. The summed E-state index contributed by atoms with van der Waals surface area (Å²) in [6, 6.07) is 21.0. The largest absolute Gasteiger partial charge is 0.381 e. The second-order valence-corrected chi connectivity index (χ2v) is 8.30. The van der Waals surface area contributed by atoms with E-state index in [4.69, 9.17) is 4.74 Å². The Kier molecular flexibility index (Phi) is 6.16. The van der Waals surface area contributed by atoms with Crippen molar-refractivity contribution in [3.05, 3.63) is 71.8 Å². The summed E-state index contributed by atoms with van der Waals surface area (Å²) in [7, 11) is 2.12. The first-order valence-corrected chi connectivity index (χ1v) is 10.6. The number of carbonyl (C=O) groups excluding carboxylic acids is 1. The molecule has 5 heteroatoms. The van der Waals surface area contributed by atoms with Gasteiger partial charge in [0, 0.05) is 44.8 Å². The molecule has 4 rings (SSSR count). The van der Waals surface area contributed by atoms with Crippen molar-refractivity contribution in [3.63, 3.8) is 0 Å². The van der Waals surface area contributed by atoms with Crippen molar-refractivity contribution >= 4 is 6.03 Å². The zero-order valence-electron chi connectivity index (χ0n) is 17.2. The summed E-state index contributed by atoms with van der Waals surface area (Å²) in [5.41, 5.74) is 2.43. The molecule has 0 bridgehead atoms. The quantitative estimate of drug-likeness (QED) is 0.866. The van der Waals surface area contributed by atoms with Crippen LogP contribution in [0.15, 0.2) is 60.7 Å². The van der Waals surface area contributed by atoms with E-state index >= 15 is 0 Å². The Morgan fingerprint density at radius 2 is 1.69 bits per heavy atom. The molecule has 0 aromatic heterocycles. The molecule has 0 saturated carbocycles. The molecule has 1 atom stereocenters. The summed E-state index contributed by atoms with van der Waals surface area (Å²) in [4.78, 5) is 17.6. The first-order chi connectivity index (χ1) is 14.2. The molecule has 5 nitrogen and oxygen atoms in total. The summed E-state index contributed by atoms with van der Waals surface area (Å²) in [6.45, 7) is 4.62. The van der Waals surface area contributed by atoms with Crippen LogP contribution in [-0.2, 0) is 10.2 Å². The maximum absolute atomic E-state index is 13.3. The lowest BCUT2D eigenvalue weighted by Crippen LogP contribution is -2.54. The van der Waals surface area contributed by atoms with Gasteiger partial charge in [-0.2, -0.15) is 0 Å². The van der Waals surface area contributed by atoms with Crippen LogP contribution in [0.25, 0.3) is 0 Å². The lowest BCUT2D eigenvalue weighted by atomic mass is 9.74. The zero-order valence-corrected chi connectivity index (χ0v) is 17.2. The van der Waals surface area contributed by atoms with Crippen LogP contribution in [0.5, 0.6) is 0 Å². The number of ether oxygens (including phenoxy) is 1. The average Bonchev–Trinajstić information content (AvgIpc) is 2.79. The summed E-state index contributed by atoms with van der Waals surface area (Å²) < 4.78 is 5.63. The fourth-order valence-electron chi connectivity index (χ4n) is 4.59. The van der Waals surface area contributed by atoms with E-state index in [-0.39, 0.29) is 17.5 Å². The predicted octanol–water partition coefficient (Wildman–Crippen LogP) is 3.43. The van der Waals surface area contributed by atoms with Crippen LogP contribution in [-0.4, -0.2) is 62.3 Å². The van der Waals surface area contributed by atoms with Crippen molar-refractivity contribution in [1.82, 2.24) is 15.1 Å². The van der Waals surface area contributed by atoms with E-state index in [1.807, 2.05) is 29.2 Å². The van der Waals surface area contributed by atoms with Crippen LogP contribution in [0.1, 0.15) is 30.0 Å². The molecule has 2 amide bonds. The predicted molar refractivity (Wildman–Crippen MR) is 115 cm³/mol. The molecular formula is C24H31N3O2. The minimum absolute atomic E-state index is 0.0359. The van der Waals surface area contributed by atoms with Crippen molar-refractivity contribution in [1.29, 1.82) is 0 Å². The highest BCUT2D eigenvalue weighted by atomic mass is 16.5. The third kappa shape index (κ3) is 4.46. The van der Waals surface area contributed by atoms with Gasteiger partial charge in [-0.1, -0.05) is 60.7 Å². The number of carbonyl (C=O) groups is 1. The number of hydrogen-bond donors (Lipinski definition) is 1. The first kappa shape index (κ1) is 19.9. The second kappa shape index (κ2) is 8.97. The van der Waals surface area contributed by atoms with Gasteiger partial charge in [-0.3, -0.25) is 0 Å². The third-order valence-electron chi connectivity index (χ3n) is 6.44. The van der Waals surface area contributed by atoms with E-state index in [0.29, 0.717) is 6.54 Å². The normalized spacial score (nSPS) is 22.2. The standard InChI is InChI=1S/C24H31N3O2/c1-26-14-15-27(22(18-26)20-8-4-2-5-9-20)23(28)25-19-24(12-16-29-17-13-24)21-10-6-3-7-11-21/h2-11,22H,12-19H2,1H3,(H,25,28). The van der Waals surface area contributed by atoms with Gasteiger partial charge in [0.25, 0.3) is 0 Å². The van der Waals surface area contributed by atoms with Gasteiger partial charge < -0.3 is 19.9 Å². The van der Waals surface area contributed by atoms with Gasteiger partial charge in [0.15, 0.2) is 0 Å². The number of amides is 2. The number of rotatable bonds is 4. The molecule has 2 fully saturated rings. The Balaban J connectivity index is 1.50. The highest BCUT2D eigenvalue weighted by Crippen LogP contribution is 2.34. The Labute approximate surface area is 173 Å². The summed E-state index contributed by atoms with van der Waals surface area (Å²) >= 11 is 0. The Hall–Kier alpha value is -2.37. The van der Waals surface area contributed by atoms with Gasteiger partial charge in [0.2, 0.25) is 0 Å². The topological polar surface area (TPSA) is 44.8 Å². The van der Waals surface area contributed by atoms with E-state index in [9.17, 15) is 4.79 Å². The van der Waals surface area contributed by atoms with E-state index in [0.717, 1.165) is 45.7 Å². The molecular weight excluding hydrogens is 362 g/mol. The van der Waals surface area contributed by atoms with Gasteiger partial charge in [-0.15, -0.1) is 0 Å². The molecule has 2 aliphatic rings. The maximum Gasteiger partial charge on any atom is 0.318 e. The second-order valence-electron chi connectivity index (χ2n) is 8.30. The highest BCUT2D eigenvalue weighted by Gasteiger charge is 2.36. The molecule has 2 aromatic rings. The van der Waals surface area contributed by atoms with Crippen molar-refractivity contribution in [2.75, 3.05) is 46.4 Å². The number of urea groups is 1. The van der Waals surface area contributed by atoms with Crippen LogP contribution in [0, 0.1) is 0 Å². The van der Waals surface area contributed by atoms with Gasteiger partial charge in [0.1, 0.15) is 0 Å². The average molecular weight is 394 g/mol. The van der Waals surface area contributed by atoms with Crippen molar-refractivity contribution < 1.29 is 9.53 Å². The summed E-state index contributed by atoms with van der Waals surface area (Å²) in [5.74, 6) is 0. The molecule has 2 saturated heterocycles. The van der Waals surface area contributed by atoms with Crippen molar-refractivity contribution in [2.45, 2.75) is 24.3 Å². The van der Waals surface area contributed by atoms with Gasteiger partial charge in [0.05, 0.1) is 6.04 Å². The van der Waals surface area contributed by atoms with Crippen LogP contribution < -0.4 is 5.32 Å². The molecule has 2 heterocycles. The number of benzene rings is 2. The number of nitrogens with zero attached hydrogens (tertiary/aromatic N) is 2. The van der Waals surface area contributed by atoms with E-state index in [1.54, 1.807) is 0 Å². The molecule has 0 spiro atoms. The number of piperazine rings is 1. The maximum atomic E-state index is 13.3. The monoisotopic (exact) mass is 393 g/mol. The van der Waals surface area contributed by atoms with Gasteiger partial charge in [-0.05, 0) is 31.0 Å². The number of likely N-dealkylation sites (N-methyl/N-ethyl adjacent to an activating group) is 1. The summed E-state index contributed by atoms with van der Waals surface area (Å²) in [6.07, 6.45) is 1.87. The minimum atomic E-state index is -0.0516. The molecule has 0 aliphatic carbocycles. The number of hydrogen-bond acceptors (Lipinski definition) is 3. The van der Waals surface area contributed by atoms with Crippen molar-refractivity contribution in [3.8, 4) is 0 Å². The Morgan fingerprint density at radius 3 is 2.38 bits per heavy atom. The lowest BCUT2D eigenvalue weighted by molar-refractivity contribution is 0.0489. The summed E-state index contributed by atoms with van der Waals surface area (Å²) in [5, 5.41) is 3.29. The Bertz CT molecular complexity index is 790. The SMILES string of the molecule is CN1CCN(C(=O)NCC2(c3ccccc3)CCOCC2)C(c2ccccc2)C1. The fraction of sp³-hybridized carbons (Fsp3) is 0.458. The molecule has 0 radical (unpaired) electrons. The van der Waals surface area contributed by atoms with E-state index in [1.165, 1.54) is 11.1 Å². The Morgan fingerprint density at radius 1 is 1.03 bits per heavy atom. The van der Waals surface area contributed by atoms with Crippen LogP contribution in [0.3, 0.4) is 0 Å². The zero-order chi connectivity index (χ0) is 20.1. The van der Waals surface area contributed by atoms with Crippen molar-refractivity contribution in [2.24, 2.45) is 0 Å². The van der Waals surface area contributed by atoms with Crippen LogP contribution >= 0.6 is 0 Å². The smallest absolute Gasteiger partial charge is 0.318 e. The first-order valence-electron chi connectivity index (χ1n) is 10.6. The fourth-order valence-corrected chi connectivity index (χ4v) is 4.59.